The minimum absolute atomic E-state index is 0.0913. The van der Waals surface area contributed by atoms with Gasteiger partial charge in [0.25, 0.3) is 5.91 Å². The van der Waals surface area contributed by atoms with Gasteiger partial charge in [0, 0.05) is 42.4 Å². The van der Waals surface area contributed by atoms with Gasteiger partial charge in [0.05, 0.1) is 17.7 Å². The first-order valence-corrected chi connectivity index (χ1v) is 14.7. The Morgan fingerprint density at radius 3 is 2.16 bits per heavy atom. The molecule has 9 heteroatoms. The summed E-state index contributed by atoms with van der Waals surface area (Å²) in [6.07, 6.45) is 12.2. The van der Waals surface area contributed by atoms with Gasteiger partial charge >= 0.3 is 5.97 Å². The third-order valence-corrected chi connectivity index (χ3v) is 6.64. The SMILES string of the molecule is CCCCCCCOc1ccc(-c2cnc(-c3ccc(CC(NC(=O)/C(C=NC(C)(C)C)=C/N)C(=O)O)cc3)nc2)cc1. The molecule has 1 aromatic heterocycles. The van der Waals surface area contributed by atoms with Gasteiger partial charge in [-0.3, -0.25) is 9.79 Å². The second kappa shape index (κ2) is 16.2. The third-order valence-electron chi connectivity index (χ3n) is 6.64. The minimum Gasteiger partial charge on any atom is -0.494 e. The maximum atomic E-state index is 12.6. The number of nitrogens with zero attached hydrogens (tertiary/aromatic N) is 3. The molecule has 0 radical (unpaired) electrons. The highest BCUT2D eigenvalue weighted by molar-refractivity contribution is 6.12. The summed E-state index contributed by atoms with van der Waals surface area (Å²) in [6.45, 7) is 8.58. The molecule has 1 amide bonds. The van der Waals surface area contributed by atoms with E-state index in [2.05, 4.69) is 27.2 Å². The number of ether oxygens (including phenoxy) is 1. The van der Waals surface area contributed by atoms with E-state index in [0.29, 0.717) is 5.82 Å². The normalized spacial score (nSPS) is 12.7. The van der Waals surface area contributed by atoms with E-state index in [-0.39, 0.29) is 12.0 Å². The number of benzene rings is 2. The molecule has 3 rings (SSSR count). The number of amides is 1. The standard InChI is InChI=1S/C34H43N5O4/c1-5-6-7-8-9-18-43-29-16-14-25(15-17-29)28-21-36-31(37-22-28)26-12-10-24(11-13-26)19-30(33(41)42)39-32(40)27(20-35)23-38-34(2,3)4/h10-17,20-23,30H,5-9,18-19,35H2,1-4H3,(H,39,40)(H,41,42)/b27-20+,38-23?. The zero-order valence-electron chi connectivity index (χ0n) is 25.5. The fourth-order valence-electron chi connectivity index (χ4n) is 4.17. The van der Waals surface area contributed by atoms with Crippen LogP contribution in [0, 0.1) is 0 Å². The number of hydrogen-bond acceptors (Lipinski definition) is 7. The molecule has 0 saturated heterocycles. The van der Waals surface area contributed by atoms with Crippen molar-refractivity contribution >= 4 is 18.1 Å². The molecular weight excluding hydrogens is 542 g/mol. The molecule has 4 N–H and O–H groups in total. The number of carboxylic acids is 1. The lowest BCUT2D eigenvalue weighted by molar-refractivity contribution is -0.141. The Bertz CT molecular complexity index is 1380. The zero-order valence-corrected chi connectivity index (χ0v) is 25.5. The van der Waals surface area contributed by atoms with Crippen LogP contribution in [0.3, 0.4) is 0 Å². The lowest BCUT2D eigenvalue weighted by Gasteiger charge is -2.16. The first kappa shape index (κ1) is 33.0. The summed E-state index contributed by atoms with van der Waals surface area (Å²) in [7, 11) is 0. The molecule has 3 aromatic rings. The summed E-state index contributed by atoms with van der Waals surface area (Å²) in [4.78, 5) is 37.8. The average molecular weight is 586 g/mol. The number of aliphatic carboxylic acids is 1. The molecule has 2 aromatic carbocycles. The second-order valence-electron chi connectivity index (χ2n) is 11.4. The van der Waals surface area contributed by atoms with E-state index >= 15 is 0 Å². The van der Waals surface area contributed by atoms with Crippen molar-refractivity contribution < 1.29 is 19.4 Å². The Balaban J connectivity index is 1.58. The predicted octanol–water partition coefficient (Wildman–Crippen LogP) is 5.98. The Kier molecular flexibility index (Phi) is 12.4. The lowest BCUT2D eigenvalue weighted by Crippen LogP contribution is -2.43. The summed E-state index contributed by atoms with van der Waals surface area (Å²) in [5.41, 5.74) is 8.69. The van der Waals surface area contributed by atoms with Gasteiger partial charge in [0.2, 0.25) is 0 Å². The topological polar surface area (TPSA) is 140 Å². The van der Waals surface area contributed by atoms with Crippen molar-refractivity contribution in [1.82, 2.24) is 15.3 Å². The summed E-state index contributed by atoms with van der Waals surface area (Å²) in [5, 5.41) is 12.2. The van der Waals surface area contributed by atoms with E-state index in [1.165, 1.54) is 31.9 Å². The number of rotatable bonds is 15. The highest BCUT2D eigenvalue weighted by Gasteiger charge is 2.22. The van der Waals surface area contributed by atoms with Crippen LogP contribution in [0.1, 0.15) is 65.4 Å². The van der Waals surface area contributed by atoms with E-state index in [9.17, 15) is 14.7 Å². The molecule has 0 aliphatic heterocycles. The minimum atomic E-state index is -1.15. The number of carbonyl (C=O) groups excluding carboxylic acids is 1. The Labute approximate surface area is 254 Å². The first-order chi connectivity index (χ1) is 20.6. The quantitative estimate of drug-likeness (QED) is 0.113. The second-order valence-corrected chi connectivity index (χ2v) is 11.4. The van der Waals surface area contributed by atoms with Crippen LogP contribution in [0.5, 0.6) is 5.75 Å². The first-order valence-electron chi connectivity index (χ1n) is 14.7. The van der Waals surface area contributed by atoms with Crippen molar-refractivity contribution in [3.05, 3.63) is 78.3 Å². The van der Waals surface area contributed by atoms with Crippen molar-refractivity contribution in [2.24, 2.45) is 10.7 Å². The highest BCUT2D eigenvalue weighted by Crippen LogP contribution is 2.24. The number of hydrogen-bond donors (Lipinski definition) is 3. The molecule has 0 fully saturated rings. The summed E-state index contributed by atoms with van der Waals surface area (Å²) in [5.74, 6) is -0.347. The van der Waals surface area contributed by atoms with E-state index in [1.54, 1.807) is 24.5 Å². The fraction of sp³-hybridized carbons (Fsp3) is 0.382. The molecule has 0 saturated carbocycles. The number of aromatic nitrogens is 2. The Morgan fingerprint density at radius 1 is 0.953 bits per heavy atom. The van der Waals surface area contributed by atoms with E-state index in [4.69, 9.17) is 10.5 Å². The number of nitrogens with one attached hydrogen (secondary N) is 1. The van der Waals surface area contributed by atoms with Gasteiger partial charge in [-0.25, -0.2) is 14.8 Å². The van der Waals surface area contributed by atoms with Crippen LogP contribution in [-0.4, -0.2) is 51.4 Å². The average Bonchev–Trinajstić information content (AvgIpc) is 2.99. The molecule has 1 atom stereocenters. The van der Waals surface area contributed by atoms with Gasteiger partial charge < -0.3 is 20.9 Å². The van der Waals surface area contributed by atoms with E-state index in [1.807, 2.05) is 57.2 Å². The van der Waals surface area contributed by atoms with E-state index < -0.39 is 23.5 Å². The molecule has 1 heterocycles. The molecule has 0 bridgehead atoms. The van der Waals surface area contributed by atoms with Crippen molar-refractivity contribution in [2.75, 3.05) is 6.61 Å². The van der Waals surface area contributed by atoms with Crippen LogP contribution in [0.4, 0.5) is 0 Å². The predicted molar refractivity (Wildman–Crippen MR) is 171 cm³/mol. The van der Waals surface area contributed by atoms with Crippen LogP contribution >= 0.6 is 0 Å². The van der Waals surface area contributed by atoms with Gasteiger partial charge in [-0.1, -0.05) is 69.0 Å². The summed E-state index contributed by atoms with van der Waals surface area (Å²) in [6, 6.07) is 14.1. The Morgan fingerprint density at radius 2 is 1.58 bits per heavy atom. The van der Waals surface area contributed by atoms with Crippen molar-refractivity contribution in [3.63, 3.8) is 0 Å². The molecule has 9 nitrogen and oxygen atoms in total. The number of unbranched alkanes of at least 4 members (excludes halogenated alkanes) is 4. The van der Waals surface area contributed by atoms with Crippen LogP contribution < -0.4 is 15.8 Å². The van der Waals surface area contributed by atoms with E-state index in [0.717, 1.165) is 47.2 Å². The van der Waals surface area contributed by atoms with Gasteiger partial charge in [-0.05, 0) is 50.5 Å². The zero-order chi connectivity index (χ0) is 31.2. The Hall–Kier alpha value is -4.53. The summed E-state index contributed by atoms with van der Waals surface area (Å²) >= 11 is 0. The van der Waals surface area contributed by atoms with Gasteiger partial charge in [-0.15, -0.1) is 0 Å². The molecule has 43 heavy (non-hydrogen) atoms. The fourth-order valence-corrected chi connectivity index (χ4v) is 4.17. The highest BCUT2D eigenvalue weighted by atomic mass is 16.5. The molecule has 0 aliphatic rings. The van der Waals surface area contributed by atoms with Crippen LogP contribution in [0.25, 0.3) is 22.5 Å². The van der Waals surface area contributed by atoms with Crippen molar-refractivity contribution in [3.8, 4) is 28.3 Å². The summed E-state index contributed by atoms with van der Waals surface area (Å²) < 4.78 is 5.86. The number of nitrogens with two attached hydrogens (primary N) is 1. The van der Waals surface area contributed by atoms with Gasteiger partial charge in [0.1, 0.15) is 11.8 Å². The number of aliphatic imine (C=N–C) groups is 1. The molecular formula is C34H43N5O4. The lowest BCUT2D eigenvalue weighted by atomic mass is 10.0. The van der Waals surface area contributed by atoms with Gasteiger partial charge in [0.15, 0.2) is 5.82 Å². The smallest absolute Gasteiger partial charge is 0.326 e. The largest absolute Gasteiger partial charge is 0.494 e. The van der Waals surface area contributed by atoms with Gasteiger partial charge in [-0.2, -0.15) is 0 Å². The third kappa shape index (κ3) is 11.0. The van der Waals surface area contributed by atoms with Crippen LogP contribution in [0.15, 0.2) is 77.7 Å². The maximum Gasteiger partial charge on any atom is 0.326 e. The monoisotopic (exact) mass is 585 g/mol. The van der Waals surface area contributed by atoms with Crippen molar-refractivity contribution in [1.29, 1.82) is 0 Å². The molecule has 0 aliphatic carbocycles. The van der Waals surface area contributed by atoms with Crippen LogP contribution in [-0.2, 0) is 16.0 Å². The molecule has 1 unspecified atom stereocenters. The molecule has 0 spiro atoms. The van der Waals surface area contributed by atoms with Crippen LogP contribution in [0.2, 0.25) is 0 Å². The molecule has 228 valence electrons. The maximum absolute atomic E-state index is 12.6. The number of carboxylic acid groups (broad SMARTS) is 1. The van der Waals surface area contributed by atoms with Crippen molar-refractivity contribution in [2.45, 2.75) is 77.8 Å². The number of carbonyl (C=O) groups is 2.